The lowest BCUT2D eigenvalue weighted by molar-refractivity contribution is -0.155. The van der Waals surface area contributed by atoms with E-state index in [1.54, 1.807) is 36.4 Å². The van der Waals surface area contributed by atoms with Crippen molar-refractivity contribution in [2.45, 2.75) is 40.0 Å². The van der Waals surface area contributed by atoms with E-state index >= 15 is 0 Å². The zero-order chi connectivity index (χ0) is 20.9. The van der Waals surface area contributed by atoms with Crippen molar-refractivity contribution in [2.24, 2.45) is 5.41 Å². The maximum atomic E-state index is 12.7. The Balaban J connectivity index is 2.01. The standard InChI is InChI=1S/C21H24F2O5/c1-5-20(2,3)19(25)28-17-9-7-14-10-16(8-6-15(14)11-17)26-12-18(24)27-13-21(4,22)23/h6-11H,5,12-13H2,1-4H3. The average Bonchev–Trinajstić information content (AvgIpc) is 2.63. The second kappa shape index (κ2) is 8.54. The van der Waals surface area contributed by atoms with Gasteiger partial charge in [-0.3, -0.25) is 4.79 Å². The number of esters is 2. The highest BCUT2D eigenvalue weighted by Crippen LogP contribution is 2.28. The number of halogens is 2. The number of hydrogen-bond donors (Lipinski definition) is 0. The first-order chi connectivity index (χ1) is 13.0. The quantitative estimate of drug-likeness (QED) is 0.477. The molecular weight excluding hydrogens is 370 g/mol. The molecule has 0 N–H and O–H groups in total. The summed E-state index contributed by atoms with van der Waals surface area (Å²) >= 11 is 0. The molecule has 0 radical (unpaired) electrons. The molecule has 152 valence electrons. The van der Waals surface area contributed by atoms with Crippen molar-refractivity contribution in [1.29, 1.82) is 0 Å². The van der Waals surface area contributed by atoms with Crippen molar-refractivity contribution >= 4 is 22.7 Å². The third-order valence-corrected chi connectivity index (χ3v) is 4.27. The normalized spacial score (nSPS) is 11.9. The second-order valence-electron chi connectivity index (χ2n) is 7.32. The number of fused-ring (bicyclic) bond motifs is 1. The van der Waals surface area contributed by atoms with Crippen LogP contribution in [0.15, 0.2) is 36.4 Å². The minimum absolute atomic E-state index is 0.300. The topological polar surface area (TPSA) is 61.8 Å². The zero-order valence-electron chi connectivity index (χ0n) is 16.4. The molecule has 0 spiro atoms. The van der Waals surface area contributed by atoms with Crippen molar-refractivity contribution in [3.8, 4) is 11.5 Å². The molecule has 0 aliphatic heterocycles. The molecule has 0 aromatic heterocycles. The smallest absolute Gasteiger partial charge is 0.344 e. The van der Waals surface area contributed by atoms with Gasteiger partial charge in [-0.15, -0.1) is 0 Å². The fraction of sp³-hybridized carbons (Fsp3) is 0.429. The largest absolute Gasteiger partial charge is 0.482 e. The van der Waals surface area contributed by atoms with Crippen LogP contribution in [0.25, 0.3) is 10.8 Å². The Bertz CT molecular complexity index is 855. The Morgan fingerprint density at radius 2 is 1.54 bits per heavy atom. The van der Waals surface area contributed by atoms with E-state index in [0.717, 1.165) is 10.8 Å². The molecule has 2 aromatic carbocycles. The molecule has 2 rings (SSSR count). The molecule has 5 nitrogen and oxygen atoms in total. The van der Waals surface area contributed by atoms with Gasteiger partial charge in [0.1, 0.15) is 11.5 Å². The van der Waals surface area contributed by atoms with Gasteiger partial charge in [0.2, 0.25) is 0 Å². The van der Waals surface area contributed by atoms with Crippen molar-refractivity contribution in [1.82, 2.24) is 0 Å². The Morgan fingerprint density at radius 3 is 2.11 bits per heavy atom. The van der Waals surface area contributed by atoms with Crippen LogP contribution in [-0.2, 0) is 14.3 Å². The second-order valence-corrected chi connectivity index (χ2v) is 7.32. The monoisotopic (exact) mass is 394 g/mol. The van der Waals surface area contributed by atoms with Crippen molar-refractivity contribution in [2.75, 3.05) is 13.2 Å². The third kappa shape index (κ3) is 6.18. The van der Waals surface area contributed by atoms with Crippen LogP contribution in [0.1, 0.15) is 34.1 Å². The van der Waals surface area contributed by atoms with Gasteiger partial charge in [-0.05, 0) is 55.3 Å². The lowest BCUT2D eigenvalue weighted by Gasteiger charge is -2.20. The summed E-state index contributed by atoms with van der Waals surface area (Å²) in [5, 5.41) is 1.63. The molecule has 0 bridgehead atoms. The summed E-state index contributed by atoms with van der Waals surface area (Å²) in [7, 11) is 0. The van der Waals surface area contributed by atoms with E-state index in [-0.39, 0.29) is 5.97 Å². The molecule has 0 heterocycles. The van der Waals surface area contributed by atoms with Crippen LogP contribution < -0.4 is 9.47 Å². The average molecular weight is 394 g/mol. The number of rotatable bonds is 8. The molecule has 0 saturated heterocycles. The predicted molar refractivity (Wildman–Crippen MR) is 101 cm³/mol. The van der Waals surface area contributed by atoms with E-state index in [0.29, 0.717) is 24.8 Å². The fourth-order valence-corrected chi connectivity index (χ4v) is 2.14. The maximum absolute atomic E-state index is 12.7. The van der Waals surface area contributed by atoms with Gasteiger partial charge in [-0.1, -0.05) is 19.1 Å². The van der Waals surface area contributed by atoms with Crippen LogP contribution >= 0.6 is 0 Å². The first kappa shape index (κ1) is 21.6. The summed E-state index contributed by atoms with van der Waals surface area (Å²) in [6.07, 6.45) is 0.665. The molecule has 2 aromatic rings. The molecule has 28 heavy (non-hydrogen) atoms. The number of carbonyl (C=O) groups is 2. The maximum Gasteiger partial charge on any atom is 0.344 e. The fourth-order valence-electron chi connectivity index (χ4n) is 2.14. The lowest BCUT2D eigenvalue weighted by atomic mass is 9.91. The summed E-state index contributed by atoms with van der Waals surface area (Å²) in [4.78, 5) is 23.6. The van der Waals surface area contributed by atoms with Gasteiger partial charge >= 0.3 is 11.9 Å². The lowest BCUT2D eigenvalue weighted by Crippen LogP contribution is -2.28. The van der Waals surface area contributed by atoms with Gasteiger partial charge in [0.25, 0.3) is 5.92 Å². The van der Waals surface area contributed by atoms with Crippen LogP contribution in [-0.4, -0.2) is 31.1 Å². The van der Waals surface area contributed by atoms with Crippen LogP contribution in [0.3, 0.4) is 0 Å². The number of alkyl halides is 2. The number of carbonyl (C=O) groups excluding carboxylic acids is 2. The third-order valence-electron chi connectivity index (χ3n) is 4.27. The van der Waals surface area contributed by atoms with Crippen LogP contribution in [0, 0.1) is 5.41 Å². The summed E-state index contributed by atoms with van der Waals surface area (Å²) < 4.78 is 40.5. The summed E-state index contributed by atoms with van der Waals surface area (Å²) in [5.41, 5.74) is -0.566. The van der Waals surface area contributed by atoms with Crippen molar-refractivity contribution in [3.05, 3.63) is 36.4 Å². The van der Waals surface area contributed by atoms with Crippen LogP contribution in [0.5, 0.6) is 11.5 Å². The Hall–Kier alpha value is -2.70. The first-order valence-electron chi connectivity index (χ1n) is 8.92. The van der Waals surface area contributed by atoms with E-state index in [1.807, 2.05) is 20.8 Å². The molecule has 0 atom stereocenters. The predicted octanol–water partition coefficient (Wildman–Crippen LogP) is 4.76. The summed E-state index contributed by atoms with van der Waals surface area (Å²) in [5.74, 6) is -3.42. The molecular formula is C21H24F2O5. The van der Waals surface area contributed by atoms with Gasteiger partial charge in [0.15, 0.2) is 13.2 Å². The number of hydrogen-bond acceptors (Lipinski definition) is 5. The highest BCUT2D eigenvalue weighted by Gasteiger charge is 2.27. The summed E-state index contributed by atoms with van der Waals surface area (Å²) in [6.45, 7) is 4.79. The van der Waals surface area contributed by atoms with Gasteiger partial charge in [-0.2, -0.15) is 0 Å². The molecule has 0 unspecified atom stereocenters. The minimum Gasteiger partial charge on any atom is -0.482 e. The minimum atomic E-state index is -3.08. The molecule has 0 fully saturated rings. The van der Waals surface area contributed by atoms with E-state index in [4.69, 9.17) is 9.47 Å². The van der Waals surface area contributed by atoms with Crippen LogP contribution in [0.2, 0.25) is 0 Å². The van der Waals surface area contributed by atoms with Gasteiger partial charge in [0.05, 0.1) is 5.41 Å². The van der Waals surface area contributed by atoms with E-state index < -0.39 is 30.5 Å². The molecule has 0 saturated carbocycles. The van der Waals surface area contributed by atoms with Gasteiger partial charge < -0.3 is 14.2 Å². The van der Waals surface area contributed by atoms with Crippen molar-refractivity contribution < 1.29 is 32.6 Å². The van der Waals surface area contributed by atoms with Crippen LogP contribution in [0.4, 0.5) is 8.78 Å². The summed E-state index contributed by atoms with van der Waals surface area (Å²) in [6, 6.07) is 10.2. The van der Waals surface area contributed by atoms with E-state index in [9.17, 15) is 18.4 Å². The highest BCUT2D eigenvalue weighted by atomic mass is 19.3. The molecule has 0 aliphatic rings. The number of ether oxygens (including phenoxy) is 3. The van der Waals surface area contributed by atoms with Gasteiger partial charge in [0, 0.05) is 6.92 Å². The zero-order valence-corrected chi connectivity index (χ0v) is 16.4. The van der Waals surface area contributed by atoms with Gasteiger partial charge in [-0.25, -0.2) is 13.6 Å². The highest BCUT2D eigenvalue weighted by molar-refractivity contribution is 5.86. The Kier molecular flexibility index (Phi) is 6.59. The molecule has 7 heteroatoms. The van der Waals surface area contributed by atoms with E-state index in [2.05, 4.69) is 4.74 Å². The number of benzene rings is 2. The molecule has 0 amide bonds. The first-order valence-corrected chi connectivity index (χ1v) is 8.92. The Morgan fingerprint density at radius 1 is 0.964 bits per heavy atom. The SMILES string of the molecule is CCC(C)(C)C(=O)Oc1ccc2cc(OCC(=O)OCC(C)(F)F)ccc2c1. The molecule has 0 aliphatic carbocycles. The van der Waals surface area contributed by atoms with Crippen molar-refractivity contribution in [3.63, 3.8) is 0 Å². The Labute approximate surface area is 162 Å². The van der Waals surface area contributed by atoms with E-state index in [1.165, 1.54) is 0 Å².